The van der Waals surface area contributed by atoms with E-state index in [1.54, 1.807) is 50.2 Å². The fraction of sp³-hybridized carbons (Fsp3) is 0.188. The van der Waals surface area contributed by atoms with Crippen LogP contribution < -0.4 is 24.2 Å². The van der Waals surface area contributed by atoms with Crippen LogP contribution in [0.4, 0.5) is 13.2 Å². The Kier molecular flexibility index (Phi) is 6.44. The predicted octanol–water partition coefficient (Wildman–Crippen LogP) is 1.89. The van der Waals surface area contributed by atoms with Crippen molar-refractivity contribution in [2.45, 2.75) is 19.8 Å². The number of carbonyl (C=O) groups is 1. The van der Waals surface area contributed by atoms with Gasteiger partial charge in [-0.25, -0.2) is 0 Å². The molecule has 1 unspecified atom stereocenters. The summed E-state index contributed by atoms with van der Waals surface area (Å²) < 4.78 is 40.5. The van der Waals surface area contributed by atoms with E-state index in [1.807, 2.05) is 0 Å². The molecule has 1 atom stereocenters. The molecule has 1 nitrogen and oxygen atoms in total. The quantitative estimate of drug-likeness (QED) is 0.624. The molecule has 0 bridgehead atoms. The Hall–Kier alpha value is -1.07. The van der Waals surface area contributed by atoms with E-state index in [9.17, 15) is 18.0 Å². The summed E-state index contributed by atoms with van der Waals surface area (Å²) >= 11 is 0. The Labute approximate surface area is 142 Å². The number of aryl methyl sites for hydroxylation is 2. The summed E-state index contributed by atoms with van der Waals surface area (Å²) in [6, 6.07) is 12.6. The van der Waals surface area contributed by atoms with Gasteiger partial charge in [0.25, 0.3) is 0 Å². The summed E-state index contributed by atoms with van der Waals surface area (Å²) in [5.74, 6) is -4.56. The van der Waals surface area contributed by atoms with Gasteiger partial charge in [-0.2, -0.15) is 13.2 Å². The van der Waals surface area contributed by atoms with Crippen LogP contribution in [-0.2, 0) is 0 Å². The van der Waals surface area contributed by atoms with E-state index in [2.05, 4.69) is 0 Å². The third-order valence-electron chi connectivity index (χ3n) is 3.14. The second-order valence-corrected chi connectivity index (χ2v) is 6.75. The van der Waals surface area contributed by atoms with Crippen molar-refractivity contribution in [2.75, 3.05) is 0 Å². The molecule has 0 aliphatic carbocycles. The molecule has 0 radical (unpaired) electrons. The first kappa shape index (κ1) is 19.0. The van der Waals surface area contributed by atoms with Crippen LogP contribution in [0.3, 0.4) is 0 Å². The molecule has 2 aromatic rings. The zero-order valence-corrected chi connectivity index (χ0v) is 13.5. The van der Waals surface area contributed by atoms with E-state index in [0.717, 1.165) is 0 Å². The van der Waals surface area contributed by atoms with Gasteiger partial charge in [-0.15, -0.1) is 0 Å². The molecule has 0 heterocycles. The average molecular weight is 318 g/mol. The van der Waals surface area contributed by atoms with Gasteiger partial charge in [0.05, 0.1) is 0 Å². The van der Waals surface area contributed by atoms with Crippen molar-refractivity contribution in [2.24, 2.45) is 0 Å². The molecule has 0 N–H and O–H groups in total. The van der Waals surface area contributed by atoms with Crippen molar-refractivity contribution in [1.29, 1.82) is 0 Å². The molecule has 0 aromatic heterocycles. The number of hydrogen-bond acceptors (Lipinski definition) is 1. The van der Waals surface area contributed by atoms with Gasteiger partial charge >= 0.3 is 24.8 Å². The van der Waals surface area contributed by atoms with Crippen LogP contribution in [-0.4, -0.2) is 11.4 Å². The van der Waals surface area contributed by atoms with Gasteiger partial charge in [0.15, 0.2) is 5.52 Å². The summed E-state index contributed by atoms with van der Waals surface area (Å²) in [6.07, 6.45) is 0. The summed E-state index contributed by atoms with van der Waals surface area (Å²) in [4.78, 5) is 12.4. The summed E-state index contributed by atoms with van der Waals surface area (Å²) in [6.45, 7) is 3.23. The molecule has 0 saturated carbocycles. The first-order valence-corrected chi connectivity index (χ1v) is 7.69. The Bertz CT molecular complexity index is 642. The fourth-order valence-corrected chi connectivity index (χ4v) is 4.16. The van der Waals surface area contributed by atoms with E-state index >= 15 is 0 Å². The van der Waals surface area contributed by atoms with Crippen molar-refractivity contribution < 1.29 is 38.3 Å². The molecule has 0 amide bonds. The van der Waals surface area contributed by atoms with Crippen molar-refractivity contribution in [3.8, 4) is 0 Å². The molecule has 22 heavy (non-hydrogen) atoms. The summed E-state index contributed by atoms with van der Waals surface area (Å²) in [5.41, 5.74) is 0.254. The molecule has 0 aliphatic rings. The van der Waals surface area contributed by atoms with Crippen LogP contribution in [0.25, 0.3) is 0 Å². The molecule has 0 saturated heterocycles. The topological polar surface area (TPSA) is 17.1 Å². The minimum atomic E-state index is -4.56. The maximum Gasteiger partial charge on any atom is 1.00 e. The maximum absolute atomic E-state index is 13.5. The molecular weight excluding hydrogens is 303 g/mol. The molecule has 2 rings (SSSR count). The van der Waals surface area contributed by atoms with Crippen LogP contribution in [0, 0.1) is 13.8 Å². The fourth-order valence-electron chi connectivity index (χ4n) is 2.21. The standard InChI is InChI=1S/C16H14F3OP.Li.H/c1-11-7-6-8-12(2)14(11)21(16(17,18)19)15(20)13-9-4-3-5-10-13;;/h3-10H,1-2H3;;/q;+1;-1. The Morgan fingerprint density at radius 2 is 1.45 bits per heavy atom. The molecule has 2 aromatic carbocycles. The second kappa shape index (κ2) is 7.46. The second-order valence-electron chi connectivity index (χ2n) is 4.71. The van der Waals surface area contributed by atoms with Gasteiger partial charge in [-0.05, 0) is 30.3 Å². The van der Waals surface area contributed by atoms with E-state index in [-0.39, 0.29) is 31.2 Å². The van der Waals surface area contributed by atoms with Crippen LogP contribution in [0.15, 0.2) is 48.5 Å². The minimum Gasteiger partial charge on any atom is -1.00 e. The van der Waals surface area contributed by atoms with Gasteiger partial charge in [0.2, 0.25) is 0 Å². The number of carbonyl (C=O) groups excluding carboxylic acids is 1. The predicted molar refractivity (Wildman–Crippen MR) is 80.4 cm³/mol. The van der Waals surface area contributed by atoms with Gasteiger partial charge in [0.1, 0.15) is 7.92 Å². The first-order valence-electron chi connectivity index (χ1n) is 6.35. The van der Waals surface area contributed by atoms with E-state index < -0.39 is 19.4 Å². The number of alkyl halides is 3. The Balaban J connectivity index is 0.00000242. The van der Waals surface area contributed by atoms with Crippen molar-refractivity contribution >= 4 is 18.8 Å². The van der Waals surface area contributed by atoms with Gasteiger partial charge in [0, 0.05) is 5.56 Å². The summed E-state index contributed by atoms with van der Waals surface area (Å²) in [7, 11) is -2.91. The smallest absolute Gasteiger partial charge is 1.00 e. The minimum absolute atomic E-state index is 0. The van der Waals surface area contributed by atoms with E-state index in [0.29, 0.717) is 11.1 Å². The Morgan fingerprint density at radius 3 is 1.91 bits per heavy atom. The molecular formula is C16H15F3LiOP. The maximum atomic E-state index is 13.5. The Morgan fingerprint density at radius 1 is 0.955 bits per heavy atom. The SMILES string of the molecule is Cc1cccc(C)c1P(C(=O)c1ccccc1)C(F)(F)F.[H-].[Li+]. The van der Waals surface area contributed by atoms with Crippen molar-refractivity contribution in [1.82, 2.24) is 0 Å². The van der Waals surface area contributed by atoms with Gasteiger partial charge < -0.3 is 1.43 Å². The van der Waals surface area contributed by atoms with Crippen LogP contribution in [0.5, 0.6) is 0 Å². The first-order chi connectivity index (χ1) is 9.82. The van der Waals surface area contributed by atoms with Crippen LogP contribution in [0.2, 0.25) is 0 Å². The van der Waals surface area contributed by atoms with Gasteiger partial charge in [-0.3, -0.25) is 4.79 Å². The molecule has 0 aliphatic heterocycles. The number of halogens is 3. The number of benzene rings is 2. The molecule has 112 valence electrons. The van der Waals surface area contributed by atoms with Gasteiger partial charge in [-0.1, -0.05) is 48.5 Å². The van der Waals surface area contributed by atoms with Crippen LogP contribution in [0.1, 0.15) is 22.9 Å². The van der Waals surface area contributed by atoms with E-state index in [1.165, 1.54) is 12.1 Å². The monoisotopic (exact) mass is 318 g/mol. The number of hydrogen-bond donors (Lipinski definition) is 0. The van der Waals surface area contributed by atoms with E-state index in [4.69, 9.17) is 0 Å². The third-order valence-corrected chi connectivity index (χ3v) is 5.46. The van der Waals surface area contributed by atoms with Crippen LogP contribution >= 0.6 is 7.92 Å². The zero-order valence-electron chi connectivity index (χ0n) is 13.6. The molecule has 0 spiro atoms. The number of rotatable bonds is 3. The molecule has 0 fully saturated rings. The largest absolute Gasteiger partial charge is 1.00 e. The average Bonchev–Trinajstić information content (AvgIpc) is 2.42. The van der Waals surface area contributed by atoms with Crippen molar-refractivity contribution in [3.05, 3.63) is 65.2 Å². The third kappa shape index (κ3) is 4.01. The zero-order chi connectivity index (χ0) is 15.6. The normalized spacial score (nSPS) is 12.4. The summed E-state index contributed by atoms with van der Waals surface area (Å²) in [5, 5.41) is 0.119. The molecule has 6 heteroatoms. The van der Waals surface area contributed by atoms with Crippen molar-refractivity contribution in [3.63, 3.8) is 0 Å².